The highest BCUT2D eigenvalue weighted by atomic mass is 16.3. The zero-order valence-electron chi connectivity index (χ0n) is 9.86. The molecular formula is C11H19N3O2. The lowest BCUT2D eigenvalue weighted by molar-refractivity contribution is 0.0718. The molecular weight excluding hydrogens is 206 g/mol. The van der Waals surface area contributed by atoms with Crippen LogP contribution >= 0.6 is 0 Å². The third-order valence-electron chi connectivity index (χ3n) is 2.50. The van der Waals surface area contributed by atoms with Crippen LogP contribution in [0.5, 0.6) is 0 Å². The number of aromatic nitrogens is 2. The van der Waals surface area contributed by atoms with E-state index in [9.17, 15) is 4.79 Å². The van der Waals surface area contributed by atoms with Crippen molar-refractivity contribution in [3.8, 4) is 0 Å². The van der Waals surface area contributed by atoms with E-state index in [-0.39, 0.29) is 12.5 Å². The van der Waals surface area contributed by atoms with Gasteiger partial charge in [0, 0.05) is 18.8 Å². The van der Waals surface area contributed by atoms with E-state index in [0.717, 1.165) is 18.5 Å². The van der Waals surface area contributed by atoms with Crippen LogP contribution in [0.3, 0.4) is 0 Å². The summed E-state index contributed by atoms with van der Waals surface area (Å²) in [5.74, 6) is -0.0613. The first-order valence-corrected chi connectivity index (χ1v) is 5.60. The van der Waals surface area contributed by atoms with Crippen LogP contribution in [0.4, 0.5) is 0 Å². The summed E-state index contributed by atoms with van der Waals surface area (Å²) in [5.41, 5.74) is 1.36. The van der Waals surface area contributed by atoms with E-state index in [2.05, 4.69) is 17.1 Å². The summed E-state index contributed by atoms with van der Waals surface area (Å²) in [4.78, 5) is 13.7. The number of carbonyl (C=O) groups is 1. The molecule has 0 spiro atoms. The van der Waals surface area contributed by atoms with Crippen molar-refractivity contribution in [2.75, 3.05) is 19.7 Å². The summed E-state index contributed by atoms with van der Waals surface area (Å²) in [7, 11) is 0. The molecule has 0 atom stereocenters. The Balaban J connectivity index is 2.70. The predicted octanol–water partition coefficient (Wildman–Crippen LogP) is 0.953. The molecule has 1 aromatic rings. The van der Waals surface area contributed by atoms with Crippen LogP contribution < -0.4 is 0 Å². The lowest BCUT2D eigenvalue weighted by atomic mass is 10.2. The van der Waals surface area contributed by atoms with Crippen LogP contribution in [-0.2, 0) is 0 Å². The first-order valence-electron chi connectivity index (χ1n) is 5.60. The average molecular weight is 225 g/mol. The minimum Gasteiger partial charge on any atom is -0.395 e. The van der Waals surface area contributed by atoms with E-state index in [0.29, 0.717) is 18.7 Å². The van der Waals surface area contributed by atoms with Crippen molar-refractivity contribution >= 4 is 5.91 Å². The van der Waals surface area contributed by atoms with E-state index in [4.69, 9.17) is 5.11 Å². The van der Waals surface area contributed by atoms with Crippen molar-refractivity contribution in [2.45, 2.75) is 26.7 Å². The Morgan fingerprint density at radius 3 is 2.81 bits per heavy atom. The van der Waals surface area contributed by atoms with Gasteiger partial charge in [-0.1, -0.05) is 13.3 Å². The second kappa shape index (κ2) is 6.27. The molecule has 0 saturated heterocycles. The summed E-state index contributed by atoms with van der Waals surface area (Å²) in [6.07, 6.45) is 3.51. The van der Waals surface area contributed by atoms with E-state index in [1.165, 1.54) is 6.20 Å². The van der Waals surface area contributed by atoms with Crippen LogP contribution in [0.15, 0.2) is 6.20 Å². The highest BCUT2D eigenvalue weighted by molar-refractivity contribution is 5.95. The number of aromatic amines is 1. The maximum Gasteiger partial charge on any atom is 0.257 e. The van der Waals surface area contributed by atoms with Crippen molar-refractivity contribution in [1.29, 1.82) is 0 Å². The largest absolute Gasteiger partial charge is 0.395 e. The molecule has 0 radical (unpaired) electrons. The molecule has 0 aliphatic rings. The van der Waals surface area contributed by atoms with Gasteiger partial charge >= 0.3 is 0 Å². The van der Waals surface area contributed by atoms with Gasteiger partial charge in [-0.3, -0.25) is 9.89 Å². The Morgan fingerprint density at radius 1 is 1.56 bits per heavy atom. The number of H-pyrrole nitrogens is 1. The van der Waals surface area contributed by atoms with Crippen LogP contribution in [0, 0.1) is 6.92 Å². The minimum atomic E-state index is -0.0613. The van der Waals surface area contributed by atoms with Gasteiger partial charge in [0.1, 0.15) is 0 Å². The lowest BCUT2D eigenvalue weighted by Gasteiger charge is -2.21. The average Bonchev–Trinajstić information content (AvgIpc) is 2.69. The fourth-order valence-corrected chi connectivity index (χ4v) is 1.52. The standard InChI is InChI=1S/C11H19N3O2/c1-3-4-5-14(6-7-15)11(16)10-8-12-13-9(10)2/h8,15H,3-7H2,1-2H3,(H,12,13). The molecule has 1 aromatic heterocycles. The van der Waals surface area contributed by atoms with Gasteiger partial charge in [-0.25, -0.2) is 0 Å². The van der Waals surface area contributed by atoms with Crippen LogP contribution in [0.1, 0.15) is 35.8 Å². The zero-order chi connectivity index (χ0) is 12.0. The van der Waals surface area contributed by atoms with Crippen molar-refractivity contribution in [3.63, 3.8) is 0 Å². The number of rotatable bonds is 6. The van der Waals surface area contributed by atoms with Crippen LogP contribution in [-0.4, -0.2) is 45.8 Å². The molecule has 0 aliphatic heterocycles. The molecule has 1 amide bonds. The Hall–Kier alpha value is -1.36. The zero-order valence-corrected chi connectivity index (χ0v) is 9.86. The molecule has 2 N–H and O–H groups in total. The first-order chi connectivity index (χ1) is 7.70. The highest BCUT2D eigenvalue weighted by Crippen LogP contribution is 2.08. The number of amides is 1. The molecule has 0 aromatic carbocycles. The van der Waals surface area contributed by atoms with Crippen LogP contribution in [0.2, 0.25) is 0 Å². The number of carbonyl (C=O) groups excluding carboxylic acids is 1. The Kier molecular flexibility index (Phi) is 4.98. The summed E-state index contributed by atoms with van der Waals surface area (Å²) in [6, 6.07) is 0. The smallest absolute Gasteiger partial charge is 0.257 e. The summed E-state index contributed by atoms with van der Waals surface area (Å²) < 4.78 is 0. The number of nitrogens with one attached hydrogen (secondary N) is 1. The number of hydrogen-bond donors (Lipinski definition) is 2. The Morgan fingerprint density at radius 2 is 2.31 bits per heavy atom. The third-order valence-corrected chi connectivity index (χ3v) is 2.50. The number of nitrogens with zero attached hydrogens (tertiary/aromatic N) is 2. The van der Waals surface area contributed by atoms with Crippen LogP contribution in [0.25, 0.3) is 0 Å². The topological polar surface area (TPSA) is 69.2 Å². The maximum absolute atomic E-state index is 12.1. The van der Waals surface area contributed by atoms with Gasteiger partial charge in [0.05, 0.1) is 18.4 Å². The van der Waals surface area contributed by atoms with E-state index < -0.39 is 0 Å². The number of unbranched alkanes of at least 4 members (excludes halogenated alkanes) is 1. The fraction of sp³-hybridized carbons (Fsp3) is 0.636. The lowest BCUT2D eigenvalue weighted by Crippen LogP contribution is -2.34. The molecule has 0 saturated carbocycles. The molecule has 5 nitrogen and oxygen atoms in total. The van der Waals surface area contributed by atoms with Crippen molar-refractivity contribution in [3.05, 3.63) is 17.5 Å². The molecule has 0 bridgehead atoms. The van der Waals surface area contributed by atoms with E-state index in [1.54, 1.807) is 4.90 Å². The summed E-state index contributed by atoms with van der Waals surface area (Å²) in [5, 5.41) is 15.5. The molecule has 90 valence electrons. The van der Waals surface area contributed by atoms with Gasteiger partial charge in [-0.15, -0.1) is 0 Å². The predicted molar refractivity (Wildman–Crippen MR) is 61.2 cm³/mol. The number of aliphatic hydroxyl groups excluding tert-OH is 1. The number of aliphatic hydroxyl groups is 1. The SMILES string of the molecule is CCCCN(CCO)C(=O)c1cn[nH]c1C. The van der Waals surface area contributed by atoms with E-state index >= 15 is 0 Å². The molecule has 0 unspecified atom stereocenters. The second-order valence-electron chi connectivity index (χ2n) is 3.78. The maximum atomic E-state index is 12.1. The van der Waals surface area contributed by atoms with Gasteiger partial charge in [-0.2, -0.15) is 5.10 Å². The molecule has 5 heteroatoms. The van der Waals surface area contributed by atoms with Crippen molar-refractivity contribution < 1.29 is 9.90 Å². The third kappa shape index (κ3) is 3.06. The molecule has 16 heavy (non-hydrogen) atoms. The summed E-state index contributed by atoms with van der Waals surface area (Å²) in [6.45, 7) is 4.94. The number of aryl methyl sites for hydroxylation is 1. The molecule has 0 aliphatic carbocycles. The van der Waals surface area contributed by atoms with Gasteiger partial charge in [-0.05, 0) is 13.3 Å². The fourth-order valence-electron chi connectivity index (χ4n) is 1.52. The second-order valence-corrected chi connectivity index (χ2v) is 3.78. The normalized spacial score (nSPS) is 10.4. The number of hydrogen-bond acceptors (Lipinski definition) is 3. The van der Waals surface area contributed by atoms with E-state index in [1.807, 2.05) is 6.92 Å². The Bertz CT molecular complexity index is 336. The van der Waals surface area contributed by atoms with Gasteiger partial charge in [0.15, 0.2) is 0 Å². The highest BCUT2D eigenvalue weighted by Gasteiger charge is 2.17. The Labute approximate surface area is 95.5 Å². The quantitative estimate of drug-likeness (QED) is 0.757. The molecule has 1 rings (SSSR count). The van der Waals surface area contributed by atoms with Crippen molar-refractivity contribution in [1.82, 2.24) is 15.1 Å². The summed E-state index contributed by atoms with van der Waals surface area (Å²) >= 11 is 0. The molecule has 1 heterocycles. The van der Waals surface area contributed by atoms with Gasteiger partial charge < -0.3 is 10.0 Å². The monoisotopic (exact) mass is 225 g/mol. The van der Waals surface area contributed by atoms with Crippen molar-refractivity contribution in [2.24, 2.45) is 0 Å². The minimum absolute atomic E-state index is 0.00759. The van der Waals surface area contributed by atoms with Gasteiger partial charge in [0.25, 0.3) is 5.91 Å². The first kappa shape index (κ1) is 12.7. The van der Waals surface area contributed by atoms with Gasteiger partial charge in [0.2, 0.25) is 0 Å². The molecule has 0 fully saturated rings.